The first-order valence-corrected chi connectivity index (χ1v) is 5.36. The smallest absolute Gasteiger partial charge is 0.283 e. The normalized spacial score (nSPS) is 16.9. The average Bonchev–Trinajstić information content (AvgIpc) is 2.32. The lowest BCUT2D eigenvalue weighted by Gasteiger charge is -2.32. The number of alkyl halides is 11. The second kappa shape index (κ2) is 7.62. The van der Waals surface area contributed by atoms with Gasteiger partial charge in [0.15, 0.2) is 0 Å². The maximum atomic E-state index is 13.2. The Morgan fingerprint density at radius 2 is 1.32 bits per heavy atom. The van der Waals surface area contributed by atoms with Crippen LogP contribution in [-0.2, 0) is 9.47 Å². The summed E-state index contributed by atoms with van der Waals surface area (Å²) in [5, 5.41) is 0. The van der Waals surface area contributed by atoms with Gasteiger partial charge in [-0.1, -0.05) is 0 Å². The van der Waals surface area contributed by atoms with E-state index in [9.17, 15) is 48.3 Å². The van der Waals surface area contributed by atoms with E-state index in [0.717, 1.165) is 0 Å². The summed E-state index contributed by atoms with van der Waals surface area (Å²) in [6, 6.07) is 0. The van der Waals surface area contributed by atoms with E-state index in [2.05, 4.69) is 9.47 Å². The van der Waals surface area contributed by atoms with Gasteiger partial charge in [-0.2, -0.15) is 17.6 Å². The topological polar surface area (TPSA) is 18.5 Å². The maximum absolute atomic E-state index is 13.2. The van der Waals surface area contributed by atoms with Gasteiger partial charge in [-0.15, -0.1) is 13.2 Å². The molecular formula is C9H9F11O2. The number of ether oxygens (including phenoxy) is 2. The van der Waals surface area contributed by atoms with Crippen LogP contribution in [0.2, 0.25) is 0 Å². The first-order chi connectivity index (χ1) is 9.78. The van der Waals surface area contributed by atoms with Gasteiger partial charge in [0.2, 0.25) is 6.29 Å². The number of hydrogen-bond donors (Lipinski definition) is 0. The zero-order valence-corrected chi connectivity index (χ0v) is 10.3. The molecule has 0 amide bonds. The van der Waals surface area contributed by atoms with Gasteiger partial charge in [0, 0.05) is 0 Å². The third-order valence-corrected chi connectivity index (χ3v) is 2.23. The highest BCUT2D eigenvalue weighted by molar-refractivity contribution is 4.78. The molecule has 0 rings (SSSR count). The third kappa shape index (κ3) is 6.10. The molecule has 0 saturated carbocycles. The summed E-state index contributed by atoms with van der Waals surface area (Å²) < 4.78 is 141. The van der Waals surface area contributed by atoms with Crippen LogP contribution in [0.15, 0.2) is 0 Å². The number of rotatable bonds is 9. The Morgan fingerprint density at radius 3 is 1.64 bits per heavy atom. The van der Waals surface area contributed by atoms with Crippen LogP contribution in [0.4, 0.5) is 48.3 Å². The zero-order valence-electron chi connectivity index (χ0n) is 10.3. The van der Waals surface area contributed by atoms with Gasteiger partial charge in [0.25, 0.3) is 0 Å². The summed E-state index contributed by atoms with van der Waals surface area (Å²) >= 11 is 0. The van der Waals surface area contributed by atoms with Gasteiger partial charge in [-0.25, -0.2) is 8.78 Å². The van der Waals surface area contributed by atoms with Gasteiger partial charge in [-0.3, -0.25) is 18.3 Å². The average molecular weight is 358 g/mol. The zero-order chi connectivity index (χ0) is 17.8. The second-order valence-electron chi connectivity index (χ2n) is 3.88. The lowest BCUT2D eigenvalue weighted by molar-refractivity contribution is -0.459. The molecule has 2 nitrogen and oxygen atoms in total. The second-order valence-corrected chi connectivity index (χ2v) is 3.88. The van der Waals surface area contributed by atoms with Crippen molar-refractivity contribution in [1.82, 2.24) is 0 Å². The fourth-order valence-electron chi connectivity index (χ4n) is 1.11. The monoisotopic (exact) mass is 358 g/mol. The molecule has 0 heterocycles. The Kier molecular flexibility index (Phi) is 7.32. The maximum Gasteiger partial charge on any atom is 0.525 e. The van der Waals surface area contributed by atoms with Crippen molar-refractivity contribution in [3.8, 4) is 0 Å². The SMILES string of the molecule is FCCC(CF)C(F)(F)OC(OC(F)(F)F)C(F)(F)C(F)F. The summed E-state index contributed by atoms with van der Waals surface area (Å²) in [4.78, 5) is 0. The van der Waals surface area contributed by atoms with Crippen molar-refractivity contribution in [3.05, 3.63) is 0 Å². The van der Waals surface area contributed by atoms with Gasteiger partial charge in [-0.05, 0) is 6.42 Å². The van der Waals surface area contributed by atoms with Gasteiger partial charge in [0.1, 0.15) is 6.67 Å². The molecule has 2 atom stereocenters. The highest BCUT2D eigenvalue weighted by atomic mass is 19.4. The minimum Gasteiger partial charge on any atom is -0.283 e. The van der Waals surface area contributed by atoms with Crippen molar-refractivity contribution in [1.29, 1.82) is 0 Å². The standard InChI is InChI=1S/C9H9F11O2/c10-2-1-4(3-11)8(16,17)21-6(22-9(18,19)20)7(14,15)5(12)13/h4-6H,1-3H2. The number of hydrogen-bond acceptors (Lipinski definition) is 2. The van der Waals surface area contributed by atoms with E-state index in [4.69, 9.17) is 0 Å². The van der Waals surface area contributed by atoms with Crippen molar-refractivity contribution in [2.45, 2.75) is 37.5 Å². The van der Waals surface area contributed by atoms with Crippen LogP contribution in [0.25, 0.3) is 0 Å². The van der Waals surface area contributed by atoms with E-state index in [1.54, 1.807) is 0 Å². The molecule has 0 saturated heterocycles. The molecule has 0 aliphatic heterocycles. The first-order valence-electron chi connectivity index (χ1n) is 5.36. The molecule has 134 valence electrons. The first kappa shape index (κ1) is 21.1. The lowest BCUT2D eigenvalue weighted by Crippen LogP contribution is -2.51. The van der Waals surface area contributed by atoms with E-state index in [0.29, 0.717) is 0 Å². The van der Waals surface area contributed by atoms with Gasteiger partial charge >= 0.3 is 24.8 Å². The summed E-state index contributed by atoms with van der Waals surface area (Å²) in [7, 11) is 0. The van der Waals surface area contributed by atoms with Crippen LogP contribution in [-0.4, -0.2) is 44.5 Å². The molecule has 0 radical (unpaired) electrons. The van der Waals surface area contributed by atoms with Crippen LogP contribution in [0.5, 0.6) is 0 Å². The predicted octanol–water partition coefficient (Wildman–Crippen LogP) is 4.30. The molecule has 2 unspecified atom stereocenters. The molecule has 0 N–H and O–H groups in total. The summed E-state index contributed by atoms with van der Waals surface area (Å²) in [5.74, 6) is -8.54. The Labute approximate surface area is 116 Å². The molecule has 0 aromatic carbocycles. The largest absolute Gasteiger partial charge is 0.525 e. The van der Waals surface area contributed by atoms with Crippen LogP contribution in [0.3, 0.4) is 0 Å². The Hall–Kier alpha value is -0.850. The summed E-state index contributed by atoms with van der Waals surface area (Å²) in [5.41, 5.74) is 0. The summed E-state index contributed by atoms with van der Waals surface area (Å²) in [6.07, 6.45) is -21.7. The van der Waals surface area contributed by atoms with Crippen LogP contribution in [0, 0.1) is 5.92 Å². The van der Waals surface area contributed by atoms with Crippen molar-refractivity contribution in [2.24, 2.45) is 5.92 Å². The molecule has 0 fully saturated rings. The lowest BCUT2D eigenvalue weighted by atomic mass is 10.1. The highest BCUT2D eigenvalue weighted by Gasteiger charge is 2.59. The molecule has 0 aliphatic rings. The Bertz CT molecular complexity index is 330. The Morgan fingerprint density at radius 1 is 0.818 bits per heavy atom. The predicted molar refractivity (Wildman–Crippen MR) is 48.0 cm³/mol. The van der Waals surface area contributed by atoms with E-state index in [1.807, 2.05) is 0 Å². The third-order valence-electron chi connectivity index (χ3n) is 2.23. The minimum atomic E-state index is -6.02. The molecule has 22 heavy (non-hydrogen) atoms. The molecule has 13 heteroatoms. The molecule has 0 aliphatic carbocycles. The van der Waals surface area contributed by atoms with Crippen molar-refractivity contribution in [3.63, 3.8) is 0 Å². The van der Waals surface area contributed by atoms with E-state index in [-0.39, 0.29) is 0 Å². The molecular weight excluding hydrogens is 349 g/mol. The van der Waals surface area contributed by atoms with Gasteiger partial charge in [0.05, 0.1) is 12.6 Å². The van der Waals surface area contributed by atoms with E-state index >= 15 is 0 Å². The van der Waals surface area contributed by atoms with Crippen LogP contribution >= 0.6 is 0 Å². The van der Waals surface area contributed by atoms with Gasteiger partial charge < -0.3 is 0 Å². The summed E-state index contributed by atoms with van der Waals surface area (Å²) in [6.45, 7) is -3.64. The molecule has 0 spiro atoms. The molecule has 0 aromatic rings. The minimum absolute atomic E-state index is 1.30. The van der Waals surface area contributed by atoms with Crippen LogP contribution in [0.1, 0.15) is 6.42 Å². The van der Waals surface area contributed by atoms with Crippen LogP contribution < -0.4 is 0 Å². The highest BCUT2D eigenvalue weighted by Crippen LogP contribution is 2.39. The van der Waals surface area contributed by atoms with Crippen molar-refractivity contribution in [2.75, 3.05) is 13.3 Å². The molecule has 0 aromatic heterocycles. The quantitative estimate of drug-likeness (QED) is 0.452. The van der Waals surface area contributed by atoms with E-state index in [1.165, 1.54) is 0 Å². The Balaban J connectivity index is 5.36. The van der Waals surface area contributed by atoms with E-state index < -0.39 is 56.8 Å². The fourth-order valence-corrected chi connectivity index (χ4v) is 1.11. The van der Waals surface area contributed by atoms with Crippen molar-refractivity contribution >= 4 is 0 Å². The number of halogens is 11. The molecule has 0 bridgehead atoms. The van der Waals surface area contributed by atoms with Crippen molar-refractivity contribution < 1.29 is 57.8 Å². The fraction of sp³-hybridized carbons (Fsp3) is 1.00.